The molecule has 7 nitrogen and oxygen atoms in total. The zero-order chi connectivity index (χ0) is 13.9. The van der Waals surface area contributed by atoms with Crippen molar-refractivity contribution in [1.29, 1.82) is 0 Å². The second kappa shape index (κ2) is 5.44. The lowest BCUT2D eigenvalue weighted by molar-refractivity contribution is -0.131. The molecule has 1 aliphatic heterocycles. The van der Waals surface area contributed by atoms with Crippen LogP contribution in [-0.4, -0.2) is 48.2 Å². The molecule has 3 rings (SSSR count). The van der Waals surface area contributed by atoms with Crippen LogP contribution in [0.25, 0.3) is 0 Å². The molecule has 1 fully saturated rings. The maximum Gasteiger partial charge on any atom is 0.227 e. The molecule has 0 aliphatic carbocycles. The molecule has 0 N–H and O–H groups in total. The minimum absolute atomic E-state index is 0.167. The van der Waals surface area contributed by atoms with E-state index < -0.39 is 0 Å². The van der Waals surface area contributed by atoms with Crippen molar-refractivity contribution in [2.45, 2.75) is 31.8 Å². The first-order valence-electron chi connectivity index (χ1n) is 6.83. The number of rotatable bonds is 4. The highest BCUT2D eigenvalue weighted by Gasteiger charge is 2.29. The molecule has 1 amide bonds. The third-order valence-electron chi connectivity index (χ3n) is 3.68. The molecular formula is C13H18N6O. The van der Waals surface area contributed by atoms with Crippen LogP contribution in [-0.2, 0) is 24.8 Å². The zero-order valence-corrected chi connectivity index (χ0v) is 11.5. The predicted octanol–water partition coefficient (Wildman–Crippen LogP) is 0.245. The summed E-state index contributed by atoms with van der Waals surface area (Å²) in [4.78, 5) is 14.4. The molecule has 1 atom stereocenters. The van der Waals surface area contributed by atoms with Crippen LogP contribution in [0, 0.1) is 0 Å². The summed E-state index contributed by atoms with van der Waals surface area (Å²) in [7, 11) is 1.86. The summed E-state index contributed by atoms with van der Waals surface area (Å²) in [6.45, 7) is 1.55. The summed E-state index contributed by atoms with van der Waals surface area (Å²) in [6.07, 6.45) is 9.64. The standard InChI is InChI=1S/C13H18N6O/c1-17-9-11(8-15-17)7-13(20)19-5-2-3-12(19)10-18-6-4-14-16-18/h4,6,8-9,12H,2-3,5,7,10H2,1H3/t12-/m0/s1. The number of hydrogen-bond acceptors (Lipinski definition) is 4. The fourth-order valence-corrected chi connectivity index (χ4v) is 2.74. The Bertz CT molecular complexity index is 575. The summed E-state index contributed by atoms with van der Waals surface area (Å²) in [6, 6.07) is 0.223. The van der Waals surface area contributed by atoms with E-state index in [0.29, 0.717) is 6.42 Å². The molecule has 0 saturated carbocycles. The number of amides is 1. The summed E-state index contributed by atoms with van der Waals surface area (Å²) < 4.78 is 3.51. The van der Waals surface area contributed by atoms with Crippen LogP contribution < -0.4 is 0 Å². The van der Waals surface area contributed by atoms with E-state index in [1.54, 1.807) is 21.8 Å². The highest BCUT2D eigenvalue weighted by molar-refractivity contribution is 5.79. The number of carbonyl (C=O) groups is 1. The maximum absolute atomic E-state index is 12.4. The molecule has 3 heterocycles. The second-order valence-corrected chi connectivity index (χ2v) is 5.21. The third-order valence-corrected chi connectivity index (χ3v) is 3.68. The van der Waals surface area contributed by atoms with Gasteiger partial charge in [0.2, 0.25) is 5.91 Å². The van der Waals surface area contributed by atoms with E-state index in [4.69, 9.17) is 0 Å². The van der Waals surface area contributed by atoms with Gasteiger partial charge in [0.1, 0.15) is 0 Å². The minimum Gasteiger partial charge on any atom is -0.338 e. The van der Waals surface area contributed by atoms with E-state index in [1.165, 1.54) is 0 Å². The van der Waals surface area contributed by atoms with E-state index in [0.717, 1.165) is 31.5 Å². The van der Waals surface area contributed by atoms with Gasteiger partial charge in [-0.05, 0) is 18.4 Å². The summed E-state index contributed by atoms with van der Waals surface area (Å²) in [5.74, 6) is 0.167. The van der Waals surface area contributed by atoms with E-state index >= 15 is 0 Å². The molecule has 1 aliphatic rings. The van der Waals surface area contributed by atoms with Gasteiger partial charge in [-0.3, -0.25) is 14.2 Å². The predicted molar refractivity (Wildman–Crippen MR) is 71.7 cm³/mol. The summed E-state index contributed by atoms with van der Waals surface area (Å²) in [5, 5.41) is 11.9. The zero-order valence-electron chi connectivity index (χ0n) is 11.5. The molecule has 20 heavy (non-hydrogen) atoms. The maximum atomic E-state index is 12.4. The number of carbonyl (C=O) groups excluding carboxylic acids is 1. The van der Waals surface area contributed by atoms with Gasteiger partial charge in [0, 0.05) is 26.0 Å². The lowest BCUT2D eigenvalue weighted by Gasteiger charge is -2.24. The Hall–Kier alpha value is -2.18. The first-order valence-corrected chi connectivity index (χ1v) is 6.83. The van der Waals surface area contributed by atoms with E-state index in [-0.39, 0.29) is 11.9 Å². The Labute approximate surface area is 117 Å². The van der Waals surface area contributed by atoms with Crippen molar-refractivity contribution >= 4 is 5.91 Å². The number of aromatic nitrogens is 5. The van der Waals surface area contributed by atoms with Gasteiger partial charge in [-0.25, -0.2) is 0 Å². The average Bonchev–Trinajstić information content (AvgIpc) is 3.12. The van der Waals surface area contributed by atoms with Gasteiger partial charge in [0.05, 0.1) is 31.4 Å². The van der Waals surface area contributed by atoms with Crippen molar-refractivity contribution < 1.29 is 4.79 Å². The fraction of sp³-hybridized carbons (Fsp3) is 0.538. The Kier molecular flexibility index (Phi) is 3.49. The number of likely N-dealkylation sites (tertiary alicyclic amines) is 1. The van der Waals surface area contributed by atoms with Crippen LogP contribution in [0.15, 0.2) is 24.8 Å². The molecule has 106 valence electrons. The van der Waals surface area contributed by atoms with Crippen LogP contribution in [0.3, 0.4) is 0 Å². The molecule has 0 aromatic carbocycles. The first-order chi connectivity index (χ1) is 9.72. The highest BCUT2D eigenvalue weighted by atomic mass is 16.2. The SMILES string of the molecule is Cn1cc(CC(=O)N2CCC[C@H]2Cn2ccnn2)cn1. The molecule has 2 aromatic heterocycles. The summed E-state index contributed by atoms with van der Waals surface area (Å²) in [5.41, 5.74) is 0.962. The van der Waals surface area contributed by atoms with E-state index in [1.807, 2.05) is 24.3 Å². The summed E-state index contributed by atoms with van der Waals surface area (Å²) >= 11 is 0. The smallest absolute Gasteiger partial charge is 0.227 e. The largest absolute Gasteiger partial charge is 0.338 e. The lowest BCUT2D eigenvalue weighted by Crippen LogP contribution is -2.39. The van der Waals surface area contributed by atoms with Crippen molar-refractivity contribution in [2.75, 3.05) is 6.54 Å². The molecular weight excluding hydrogens is 256 g/mol. The van der Waals surface area contributed by atoms with Gasteiger partial charge in [0.25, 0.3) is 0 Å². The second-order valence-electron chi connectivity index (χ2n) is 5.21. The third kappa shape index (κ3) is 2.71. The molecule has 7 heteroatoms. The first kappa shape index (κ1) is 12.8. The van der Waals surface area contributed by atoms with Crippen LogP contribution in [0.5, 0.6) is 0 Å². The normalized spacial score (nSPS) is 18.6. The van der Waals surface area contributed by atoms with E-state index in [2.05, 4.69) is 15.4 Å². The lowest BCUT2D eigenvalue weighted by atomic mass is 10.2. The molecule has 2 aromatic rings. The van der Waals surface area contributed by atoms with Crippen LogP contribution in [0.4, 0.5) is 0 Å². The van der Waals surface area contributed by atoms with Crippen LogP contribution in [0.1, 0.15) is 18.4 Å². The van der Waals surface area contributed by atoms with Crippen molar-refractivity contribution in [3.8, 4) is 0 Å². The molecule has 0 bridgehead atoms. The van der Waals surface area contributed by atoms with Gasteiger partial charge >= 0.3 is 0 Å². The molecule has 0 radical (unpaired) electrons. The van der Waals surface area contributed by atoms with Gasteiger partial charge in [-0.2, -0.15) is 5.10 Å². The Balaban J connectivity index is 1.64. The van der Waals surface area contributed by atoms with Crippen molar-refractivity contribution in [1.82, 2.24) is 29.7 Å². The van der Waals surface area contributed by atoms with Gasteiger partial charge in [-0.1, -0.05) is 5.21 Å². The fourth-order valence-electron chi connectivity index (χ4n) is 2.74. The number of hydrogen-bond donors (Lipinski definition) is 0. The Morgan fingerprint density at radius 2 is 2.40 bits per heavy atom. The molecule has 0 spiro atoms. The van der Waals surface area contributed by atoms with Crippen LogP contribution in [0.2, 0.25) is 0 Å². The number of aryl methyl sites for hydroxylation is 1. The van der Waals surface area contributed by atoms with E-state index in [9.17, 15) is 4.79 Å². The van der Waals surface area contributed by atoms with Crippen molar-refractivity contribution in [3.05, 3.63) is 30.4 Å². The minimum atomic E-state index is 0.167. The van der Waals surface area contributed by atoms with Crippen LogP contribution >= 0.6 is 0 Å². The topological polar surface area (TPSA) is 68.8 Å². The Morgan fingerprint density at radius 1 is 1.50 bits per heavy atom. The van der Waals surface area contributed by atoms with Crippen molar-refractivity contribution in [3.63, 3.8) is 0 Å². The molecule has 0 unspecified atom stereocenters. The van der Waals surface area contributed by atoms with Gasteiger partial charge < -0.3 is 4.90 Å². The quantitative estimate of drug-likeness (QED) is 0.801. The number of nitrogens with zero attached hydrogens (tertiary/aromatic N) is 6. The van der Waals surface area contributed by atoms with Crippen molar-refractivity contribution in [2.24, 2.45) is 7.05 Å². The van der Waals surface area contributed by atoms with Gasteiger partial charge in [0.15, 0.2) is 0 Å². The Morgan fingerprint density at radius 3 is 3.10 bits per heavy atom. The highest BCUT2D eigenvalue weighted by Crippen LogP contribution is 2.19. The average molecular weight is 274 g/mol. The monoisotopic (exact) mass is 274 g/mol. The molecule has 1 saturated heterocycles. The van der Waals surface area contributed by atoms with Gasteiger partial charge in [-0.15, -0.1) is 5.10 Å².